The van der Waals surface area contributed by atoms with Gasteiger partial charge in [0.2, 0.25) is 0 Å². The number of carbonyl (C=O) groups excluding carboxylic acids is 1. The van der Waals surface area contributed by atoms with Crippen LogP contribution in [0.4, 0.5) is 0 Å². The van der Waals surface area contributed by atoms with Gasteiger partial charge >= 0.3 is 0 Å². The van der Waals surface area contributed by atoms with Crippen molar-refractivity contribution in [3.63, 3.8) is 0 Å². The minimum atomic E-state index is -0.0133. The summed E-state index contributed by atoms with van der Waals surface area (Å²) in [6.07, 6.45) is 2.50. The van der Waals surface area contributed by atoms with E-state index in [4.69, 9.17) is 4.74 Å². The number of benzene rings is 2. The Labute approximate surface area is 157 Å². The van der Waals surface area contributed by atoms with E-state index >= 15 is 0 Å². The second kappa shape index (κ2) is 9.25. The van der Waals surface area contributed by atoms with E-state index in [0.717, 1.165) is 36.3 Å². The van der Waals surface area contributed by atoms with Gasteiger partial charge in [-0.1, -0.05) is 44.7 Å². The fraction of sp³-hybridized carbons (Fsp3) is 0.375. The molecule has 0 spiro atoms. The van der Waals surface area contributed by atoms with E-state index in [0.29, 0.717) is 6.42 Å². The minimum Gasteiger partial charge on any atom is -0.494 e. The molecule has 0 radical (unpaired) electrons. The zero-order valence-corrected chi connectivity index (χ0v) is 16.3. The molecule has 0 saturated heterocycles. The van der Waals surface area contributed by atoms with Crippen LogP contribution in [0.15, 0.2) is 48.5 Å². The average molecular weight is 348 g/mol. The highest BCUT2D eigenvalue weighted by molar-refractivity contribution is 5.76. The maximum atomic E-state index is 11.4. The number of Topliss-reactive ketones (excluding diaryl/α,β-unsaturated/α-hetero) is 1. The molecule has 26 heavy (non-hydrogen) atoms. The highest BCUT2D eigenvalue weighted by Crippen LogP contribution is 2.26. The zero-order chi connectivity index (χ0) is 19.0. The maximum Gasteiger partial charge on any atom is 0.130 e. The van der Waals surface area contributed by atoms with Crippen LogP contribution in [0.5, 0.6) is 5.75 Å². The van der Waals surface area contributed by atoms with E-state index in [2.05, 4.69) is 44.7 Å². The molecule has 0 bridgehead atoms. The van der Waals surface area contributed by atoms with Gasteiger partial charge in [-0.3, -0.25) is 0 Å². The van der Waals surface area contributed by atoms with E-state index in [9.17, 15) is 4.79 Å². The molecular formula is C24H28O2. The first-order chi connectivity index (χ1) is 12.4. The standard InChI is InChI=1S/C24H28O2/c1-5-16-26-23-14-12-21(13-15-23)7-6-20-8-10-22(11-9-20)18-24(3,4)17-19(2)25/h8-15H,5,16-18H2,1-4H3. The van der Waals surface area contributed by atoms with Crippen LogP contribution in [0.25, 0.3) is 0 Å². The summed E-state index contributed by atoms with van der Waals surface area (Å²) in [6, 6.07) is 16.2. The fourth-order valence-electron chi connectivity index (χ4n) is 2.99. The molecule has 0 fully saturated rings. The first-order valence-electron chi connectivity index (χ1n) is 9.21. The van der Waals surface area contributed by atoms with Crippen molar-refractivity contribution in [1.29, 1.82) is 0 Å². The Balaban J connectivity index is 1.99. The number of ether oxygens (including phenoxy) is 1. The van der Waals surface area contributed by atoms with E-state index in [-0.39, 0.29) is 11.2 Å². The van der Waals surface area contributed by atoms with Gasteiger partial charge in [-0.25, -0.2) is 0 Å². The lowest BCUT2D eigenvalue weighted by Crippen LogP contribution is -2.18. The van der Waals surface area contributed by atoms with Gasteiger partial charge in [0.05, 0.1) is 6.61 Å². The molecule has 0 amide bonds. The minimum absolute atomic E-state index is 0.0133. The molecule has 136 valence electrons. The Morgan fingerprint density at radius 1 is 0.962 bits per heavy atom. The monoisotopic (exact) mass is 348 g/mol. The Bertz CT molecular complexity index is 772. The Hall–Kier alpha value is -2.53. The third-order valence-electron chi connectivity index (χ3n) is 4.04. The molecule has 2 aromatic carbocycles. The van der Waals surface area contributed by atoms with E-state index in [1.165, 1.54) is 5.56 Å². The lowest BCUT2D eigenvalue weighted by atomic mass is 9.81. The molecule has 0 atom stereocenters. The van der Waals surface area contributed by atoms with Crippen LogP contribution in [0, 0.1) is 17.3 Å². The highest BCUT2D eigenvalue weighted by Gasteiger charge is 2.20. The SMILES string of the molecule is CCCOc1ccc(C#Cc2ccc(CC(C)(C)CC(C)=O)cc2)cc1. The van der Waals surface area contributed by atoms with Crippen molar-refractivity contribution in [2.45, 2.75) is 47.0 Å². The van der Waals surface area contributed by atoms with Gasteiger partial charge in [-0.05, 0) is 67.1 Å². The van der Waals surface area contributed by atoms with Gasteiger partial charge in [-0.15, -0.1) is 0 Å². The molecule has 0 saturated carbocycles. The number of carbonyl (C=O) groups is 1. The van der Waals surface area contributed by atoms with Crippen molar-refractivity contribution in [1.82, 2.24) is 0 Å². The Morgan fingerprint density at radius 3 is 2.00 bits per heavy atom. The number of ketones is 1. The van der Waals surface area contributed by atoms with Crippen LogP contribution >= 0.6 is 0 Å². The molecule has 0 unspecified atom stereocenters. The summed E-state index contributed by atoms with van der Waals surface area (Å²) in [7, 11) is 0. The first-order valence-corrected chi connectivity index (χ1v) is 9.21. The van der Waals surface area contributed by atoms with Crippen molar-refractivity contribution >= 4 is 5.78 Å². The third kappa shape index (κ3) is 6.76. The molecule has 0 N–H and O–H groups in total. The molecular weight excluding hydrogens is 320 g/mol. The molecule has 0 aliphatic rings. The summed E-state index contributed by atoms with van der Waals surface area (Å²) in [5.74, 6) is 7.51. The summed E-state index contributed by atoms with van der Waals surface area (Å²) in [6.45, 7) is 8.75. The second-order valence-corrected chi connectivity index (χ2v) is 7.54. The Morgan fingerprint density at radius 2 is 1.50 bits per heavy atom. The molecule has 2 heteroatoms. The summed E-state index contributed by atoms with van der Waals surface area (Å²) in [5.41, 5.74) is 3.19. The van der Waals surface area contributed by atoms with Crippen LogP contribution < -0.4 is 4.74 Å². The summed E-state index contributed by atoms with van der Waals surface area (Å²) in [4.78, 5) is 11.4. The van der Waals surface area contributed by atoms with Crippen LogP contribution in [-0.4, -0.2) is 12.4 Å². The number of hydrogen-bond donors (Lipinski definition) is 0. The molecule has 0 aromatic heterocycles. The van der Waals surface area contributed by atoms with Gasteiger partial charge in [0.1, 0.15) is 11.5 Å². The lowest BCUT2D eigenvalue weighted by Gasteiger charge is -2.23. The topological polar surface area (TPSA) is 26.3 Å². The molecule has 0 heterocycles. The highest BCUT2D eigenvalue weighted by atomic mass is 16.5. The summed E-state index contributed by atoms with van der Waals surface area (Å²) in [5, 5.41) is 0. The quantitative estimate of drug-likeness (QED) is 0.624. The molecule has 0 aliphatic heterocycles. The van der Waals surface area contributed by atoms with E-state index < -0.39 is 0 Å². The maximum absolute atomic E-state index is 11.4. The third-order valence-corrected chi connectivity index (χ3v) is 4.04. The largest absolute Gasteiger partial charge is 0.494 e. The molecule has 2 aromatic rings. The second-order valence-electron chi connectivity index (χ2n) is 7.54. The van der Waals surface area contributed by atoms with Crippen LogP contribution in [0.1, 0.15) is 57.2 Å². The first kappa shape index (κ1) is 19.8. The predicted octanol–water partition coefficient (Wildman–Crippen LogP) is 5.42. The van der Waals surface area contributed by atoms with Crippen molar-refractivity contribution < 1.29 is 9.53 Å². The van der Waals surface area contributed by atoms with Gasteiger partial charge in [0.15, 0.2) is 0 Å². The van der Waals surface area contributed by atoms with Crippen LogP contribution in [0.2, 0.25) is 0 Å². The number of hydrogen-bond acceptors (Lipinski definition) is 2. The van der Waals surface area contributed by atoms with Gasteiger partial charge in [0, 0.05) is 17.5 Å². The van der Waals surface area contributed by atoms with Crippen molar-refractivity contribution in [3.8, 4) is 17.6 Å². The van der Waals surface area contributed by atoms with Crippen LogP contribution in [0.3, 0.4) is 0 Å². The normalized spacial score (nSPS) is 10.8. The summed E-state index contributed by atoms with van der Waals surface area (Å²) < 4.78 is 5.58. The molecule has 2 rings (SSSR count). The lowest BCUT2D eigenvalue weighted by molar-refractivity contribution is -0.118. The van der Waals surface area contributed by atoms with Gasteiger partial charge < -0.3 is 9.53 Å². The van der Waals surface area contributed by atoms with Gasteiger partial charge in [0.25, 0.3) is 0 Å². The molecule has 2 nitrogen and oxygen atoms in total. The predicted molar refractivity (Wildman–Crippen MR) is 107 cm³/mol. The average Bonchev–Trinajstić information content (AvgIpc) is 2.59. The zero-order valence-electron chi connectivity index (χ0n) is 16.3. The Kier molecular flexibility index (Phi) is 7.04. The van der Waals surface area contributed by atoms with E-state index in [1.807, 2.05) is 36.4 Å². The van der Waals surface area contributed by atoms with E-state index in [1.54, 1.807) is 6.92 Å². The number of rotatable bonds is 7. The van der Waals surface area contributed by atoms with Gasteiger partial charge in [-0.2, -0.15) is 0 Å². The molecule has 0 aliphatic carbocycles. The smallest absolute Gasteiger partial charge is 0.130 e. The summed E-state index contributed by atoms with van der Waals surface area (Å²) >= 11 is 0. The van der Waals surface area contributed by atoms with Crippen molar-refractivity contribution in [2.24, 2.45) is 5.41 Å². The van der Waals surface area contributed by atoms with Crippen LogP contribution in [-0.2, 0) is 11.2 Å². The van der Waals surface area contributed by atoms with Crippen molar-refractivity contribution in [2.75, 3.05) is 6.61 Å². The fourth-order valence-corrected chi connectivity index (χ4v) is 2.99. The van der Waals surface area contributed by atoms with Crippen molar-refractivity contribution in [3.05, 3.63) is 65.2 Å².